The maximum Gasteiger partial charge on any atom is -0.00161 e. The highest BCUT2D eigenvalue weighted by Crippen LogP contribution is 2.20. The molecule has 17 heavy (non-hydrogen) atoms. The summed E-state index contributed by atoms with van der Waals surface area (Å²) in [4.78, 5) is 2.69. The van der Waals surface area contributed by atoms with Gasteiger partial charge in [0.2, 0.25) is 0 Å². The van der Waals surface area contributed by atoms with Crippen LogP contribution in [0.15, 0.2) is 0 Å². The van der Waals surface area contributed by atoms with Gasteiger partial charge in [0.25, 0.3) is 0 Å². The standard InChI is InChI=1S/C16H33N/c1-3-5-6-7-8-9-10-13-17-14-11-16(4-2)12-15-17/h16H,3-15H2,1-2H3. The van der Waals surface area contributed by atoms with E-state index in [1.165, 1.54) is 83.8 Å². The van der Waals surface area contributed by atoms with E-state index in [2.05, 4.69) is 18.7 Å². The van der Waals surface area contributed by atoms with Crippen molar-refractivity contribution in [3.05, 3.63) is 0 Å². The molecule has 0 aromatic heterocycles. The fourth-order valence-corrected chi connectivity index (χ4v) is 2.91. The predicted octanol–water partition coefficient (Wildman–Crippen LogP) is 4.86. The SMILES string of the molecule is CCCCCCCCCN1CCC(CC)CC1. The first kappa shape index (κ1) is 15.0. The highest BCUT2D eigenvalue weighted by molar-refractivity contribution is 4.71. The van der Waals surface area contributed by atoms with Crippen LogP contribution < -0.4 is 0 Å². The number of nitrogens with zero attached hydrogens (tertiary/aromatic N) is 1. The fraction of sp³-hybridized carbons (Fsp3) is 1.00. The molecule has 0 aliphatic carbocycles. The molecule has 0 amide bonds. The molecule has 1 nitrogen and oxygen atoms in total. The Hall–Kier alpha value is -0.0400. The third kappa shape index (κ3) is 7.08. The molecule has 0 radical (unpaired) electrons. The largest absolute Gasteiger partial charge is 0.303 e. The Morgan fingerprint density at radius 3 is 2.00 bits per heavy atom. The van der Waals surface area contributed by atoms with Crippen LogP contribution >= 0.6 is 0 Å². The van der Waals surface area contributed by atoms with E-state index in [-0.39, 0.29) is 0 Å². The predicted molar refractivity (Wildman–Crippen MR) is 77.4 cm³/mol. The third-order valence-corrected chi connectivity index (χ3v) is 4.36. The molecule has 0 bridgehead atoms. The number of likely N-dealkylation sites (tertiary alicyclic amines) is 1. The van der Waals surface area contributed by atoms with E-state index in [4.69, 9.17) is 0 Å². The van der Waals surface area contributed by atoms with E-state index in [1.54, 1.807) is 0 Å². The quantitative estimate of drug-likeness (QED) is 0.519. The summed E-state index contributed by atoms with van der Waals surface area (Å²) >= 11 is 0. The van der Waals surface area contributed by atoms with Crippen molar-refractivity contribution in [2.75, 3.05) is 19.6 Å². The lowest BCUT2D eigenvalue weighted by Gasteiger charge is -2.31. The van der Waals surface area contributed by atoms with Gasteiger partial charge in [-0.2, -0.15) is 0 Å². The van der Waals surface area contributed by atoms with Crippen molar-refractivity contribution < 1.29 is 0 Å². The van der Waals surface area contributed by atoms with E-state index in [0.29, 0.717) is 0 Å². The van der Waals surface area contributed by atoms with Crippen LogP contribution in [0.5, 0.6) is 0 Å². The molecule has 1 fully saturated rings. The van der Waals surface area contributed by atoms with Crippen LogP contribution in [-0.2, 0) is 0 Å². The van der Waals surface area contributed by atoms with Crippen molar-refractivity contribution >= 4 is 0 Å². The van der Waals surface area contributed by atoms with E-state index in [1.807, 2.05) is 0 Å². The minimum atomic E-state index is 1.03. The van der Waals surface area contributed by atoms with Crippen LogP contribution in [0.25, 0.3) is 0 Å². The number of hydrogen-bond acceptors (Lipinski definition) is 1. The summed E-state index contributed by atoms with van der Waals surface area (Å²) in [6, 6.07) is 0. The summed E-state index contributed by atoms with van der Waals surface area (Å²) in [5.41, 5.74) is 0. The Bertz CT molecular complexity index is 159. The Balaban J connectivity index is 1.87. The molecule has 0 spiro atoms. The number of piperidine rings is 1. The van der Waals surface area contributed by atoms with Gasteiger partial charge < -0.3 is 4.90 Å². The first-order valence-electron chi connectivity index (χ1n) is 8.09. The monoisotopic (exact) mass is 239 g/mol. The van der Waals surface area contributed by atoms with Crippen molar-refractivity contribution in [1.82, 2.24) is 4.90 Å². The molecule has 0 aromatic carbocycles. The fourth-order valence-electron chi connectivity index (χ4n) is 2.91. The lowest BCUT2D eigenvalue weighted by molar-refractivity contribution is 0.179. The molecule has 1 aliphatic rings. The van der Waals surface area contributed by atoms with Gasteiger partial charge in [0, 0.05) is 0 Å². The van der Waals surface area contributed by atoms with E-state index in [9.17, 15) is 0 Å². The number of unbranched alkanes of at least 4 members (excludes halogenated alkanes) is 6. The topological polar surface area (TPSA) is 3.24 Å². The van der Waals surface area contributed by atoms with Crippen LogP contribution in [0.2, 0.25) is 0 Å². The second-order valence-electron chi connectivity index (χ2n) is 5.81. The smallest absolute Gasteiger partial charge is 0.00161 e. The summed E-state index contributed by atoms with van der Waals surface area (Å²) in [5, 5.41) is 0. The average molecular weight is 239 g/mol. The zero-order valence-corrected chi connectivity index (χ0v) is 12.2. The number of rotatable bonds is 9. The maximum absolute atomic E-state index is 2.69. The maximum atomic E-state index is 2.69. The van der Waals surface area contributed by atoms with Crippen molar-refractivity contribution in [1.29, 1.82) is 0 Å². The minimum absolute atomic E-state index is 1.03. The van der Waals surface area contributed by atoms with Crippen LogP contribution in [0.4, 0.5) is 0 Å². The van der Waals surface area contributed by atoms with Crippen LogP contribution in [0.1, 0.15) is 78.1 Å². The summed E-state index contributed by atoms with van der Waals surface area (Å²) in [6.45, 7) is 8.74. The molecule has 1 saturated heterocycles. The zero-order valence-electron chi connectivity index (χ0n) is 12.2. The van der Waals surface area contributed by atoms with Gasteiger partial charge in [-0.1, -0.05) is 58.8 Å². The molecular formula is C16H33N. The Labute approximate surface area is 109 Å². The summed E-state index contributed by atoms with van der Waals surface area (Å²) in [7, 11) is 0. The molecule has 0 atom stereocenters. The van der Waals surface area contributed by atoms with Crippen molar-refractivity contribution in [3.63, 3.8) is 0 Å². The normalized spacial score (nSPS) is 18.7. The lowest BCUT2D eigenvalue weighted by Crippen LogP contribution is -2.34. The summed E-state index contributed by atoms with van der Waals surface area (Å²) in [6.07, 6.45) is 14.4. The second-order valence-corrected chi connectivity index (χ2v) is 5.81. The first-order chi connectivity index (χ1) is 8.36. The second kappa shape index (κ2) is 9.94. The van der Waals surface area contributed by atoms with Crippen LogP contribution in [0.3, 0.4) is 0 Å². The van der Waals surface area contributed by atoms with E-state index < -0.39 is 0 Å². The van der Waals surface area contributed by atoms with Gasteiger partial charge in [-0.05, 0) is 44.8 Å². The van der Waals surface area contributed by atoms with Crippen molar-refractivity contribution in [3.8, 4) is 0 Å². The Morgan fingerprint density at radius 1 is 0.824 bits per heavy atom. The van der Waals surface area contributed by atoms with Crippen LogP contribution in [0, 0.1) is 5.92 Å². The van der Waals surface area contributed by atoms with Gasteiger partial charge in [-0.3, -0.25) is 0 Å². The van der Waals surface area contributed by atoms with Gasteiger partial charge in [-0.25, -0.2) is 0 Å². The summed E-state index contributed by atoms with van der Waals surface area (Å²) in [5.74, 6) is 1.03. The van der Waals surface area contributed by atoms with Gasteiger partial charge in [0.1, 0.15) is 0 Å². The average Bonchev–Trinajstić information content (AvgIpc) is 2.38. The van der Waals surface area contributed by atoms with Gasteiger partial charge >= 0.3 is 0 Å². The molecule has 1 aliphatic heterocycles. The van der Waals surface area contributed by atoms with E-state index in [0.717, 1.165) is 5.92 Å². The Morgan fingerprint density at radius 2 is 1.41 bits per heavy atom. The lowest BCUT2D eigenvalue weighted by atomic mass is 9.94. The molecule has 0 unspecified atom stereocenters. The van der Waals surface area contributed by atoms with Gasteiger partial charge in [0.15, 0.2) is 0 Å². The highest BCUT2D eigenvalue weighted by Gasteiger charge is 2.16. The first-order valence-corrected chi connectivity index (χ1v) is 8.09. The van der Waals surface area contributed by atoms with Gasteiger partial charge in [-0.15, -0.1) is 0 Å². The molecule has 1 rings (SSSR count). The molecule has 102 valence electrons. The molecule has 1 heterocycles. The van der Waals surface area contributed by atoms with Crippen LogP contribution in [-0.4, -0.2) is 24.5 Å². The zero-order chi connectivity index (χ0) is 12.3. The molecule has 1 heteroatoms. The summed E-state index contributed by atoms with van der Waals surface area (Å²) < 4.78 is 0. The van der Waals surface area contributed by atoms with Crippen molar-refractivity contribution in [2.24, 2.45) is 5.92 Å². The Kier molecular flexibility index (Phi) is 8.78. The molecular weight excluding hydrogens is 206 g/mol. The highest BCUT2D eigenvalue weighted by atomic mass is 15.1. The molecule has 0 N–H and O–H groups in total. The minimum Gasteiger partial charge on any atom is -0.303 e. The molecule has 0 saturated carbocycles. The molecule has 0 aromatic rings. The van der Waals surface area contributed by atoms with E-state index >= 15 is 0 Å². The number of hydrogen-bond donors (Lipinski definition) is 0. The third-order valence-electron chi connectivity index (χ3n) is 4.36. The van der Waals surface area contributed by atoms with Crippen molar-refractivity contribution in [2.45, 2.75) is 78.1 Å². The van der Waals surface area contributed by atoms with Gasteiger partial charge in [0.05, 0.1) is 0 Å².